The van der Waals surface area contributed by atoms with Crippen molar-refractivity contribution in [2.75, 3.05) is 70.7 Å². The number of alkyl halides is 8. The zero-order chi connectivity index (χ0) is 41.1. The molecule has 2 fully saturated rings. The number of fused-ring (bicyclic) bond motifs is 1. The van der Waals surface area contributed by atoms with Gasteiger partial charge in [-0.15, -0.1) is 0 Å². The highest BCUT2D eigenvalue weighted by Crippen LogP contribution is 2.47. The number of likely N-dealkylation sites (tertiary alicyclic amines) is 1. The van der Waals surface area contributed by atoms with Crippen LogP contribution in [0.4, 0.5) is 55.4 Å². The molecule has 20 heteroatoms. The van der Waals surface area contributed by atoms with E-state index in [9.17, 15) is 30.7 Å². The molecule has 0 amide bonds. The van der Waals surface area contributed by atoms with Crippen molar-refractivity contribution in [2.24, 2.45) is 10.8 Å². The van der Waals surface area contributed by atoms with Gasteiger partial charge in [0.25, 0.3) is 5.92 Å². The van der Waals surface area contributed by atoms with E-state index in [4.69, 9.17) is 19.9 Å². The molecule has 3 aromatic rings. The summed E-state index contributed by atoms with van der Waals surface area (Å²) in [6.07, 6.45) is -13.6. The number of benzene rings is 1. The van der Waals surface area contributed by atoms with Crippen LogP contribution in [-0.4, -0.2) is 104 Å². The van der Waals surface area contributed by atoms with Gasteiger partial charge >= 0.3 is 18.4 Å². The van der Waals surface area contributed by atoms with Crippen LogP contribution < -0.4 is 25.4 Å². The number of nitrogens with two attached hydrogens (primary N) is 1. The summed E-state index contributed by atoms with van der Waals surface area (Å²) < 4.78 is 164. The zero-order valence-electron chi connectivity index (χ0n) is 31.2. The molecule has 2 aliphatic heterocycles. The first-order chi connectivity index (χ1) is 25.3. The summed E-state index contributed by atoms with van der Waals surface area (Å²) in [5.41, 5.74) is -3.12. The van der Waals surface area contributed by atoms with Gasteiger partial charge in [0.05, 0.1) is 29.9 Å². The minimum Gasteiger partial charge on any atom is -0.464 e. The smallest absolute Gasteiger partial charge is 0.425 e. The predicted molar refractivity (Wildman–Crippen MR) is 183 cm³/mol. The summed E-state index contributed by atoms with van der Waals surface area (Å²) in [4.78, 5) is 15.4. The van der Waals surface area contributed by atoms with Gasteiger partial charge in [0.1, 0.15) is 34.8 Å². The third-order valence-corrected chi connectivity index (χ3v) is 10.3. The number of rotatable bonds is 14. The highest BCUT2D eigenvalue weighted by atomic mass is 19.4. The molecule has 4 heterocycles. The van der Waals surface area contributed by atoms with Crippen molar-refractivity contribution < 1.29 is 58.1 Å². The van der Waals surface area contributed by atoms with Crippen LogP contribution in [0, 0.1) is 29.4 Å². The third kappa shape index (κ3) is 8.31. The van der Waals surface area contributed by atoms with Crippen molar-refractivity contribution in [3.8, 4) is 23.1 Å². The number of aromatic nitrogens is 3. The highest BCUT2D eigenvalue weighted by Gasteiger charge is 2.54. The van der Waals surface area contributed by atoms with Gasteiger partial charge in [-0.1, -0.05) is 6.92 Å². The fourth-order valence-electron chi connectivity index (χ4n) is 6.80. The lowest BCUT2D eigenvalue weighted by Gasteiger charge is -2.57. The second kappa shape index (κ2) is 14.9. The van der Waals surface area contributed by atoms with Crippen molar-refractivity contribution in [2.45, 2.75) is 71.5 Å². The van der Waals surface area contributed by atoms with Gasteiger partial charge in [-0.25, -0.2) is 22.5 Å². The van der Waals surface area contributed by atoms with Gasteiger partial charge in [-0.05, 0) is 45.9 Å². The van der Waals surface area contributed by atoms with Crippen LogP contribution in [0.1, 0.15) is 45.2 Å². The second-order valence-electron chi connectivity index (χ2n) is 15.0. The van der Waals surface area contributed by atoms with Crippen LogP contribution >= 0.6 is 0 Å². The van der Waals surface area contributed by atoms with Crippen LogP contribution in [-0.2, 0) is 10.9 Å². The Bertz CT molecular complexity index is 1890. The average Bonchev–Trinajstić information content (AvgIpc) is 3.04. The Morgan fingerprint density at radius 3 is 2.18 bits per heavy atom. The molecule has 0 saturated carbocycles. The first-order valence-corrected chi connectivity index (χ1v) is 17.3. The maximum Gasteiger partial charge on any atom is 0.425 e. The molecule has 5 rings (SSSR count). The number of hydrogen-bond acceptors (Lipinski definition) is 10. The van der Waals surface area contributed by atoms with Gasteiger partial charge in [-0.3, -0.25) is 0 Å². The monoisotopic (exact) mass is 799 g/mol. The predicted octanol–water partition coefficient (Wildman–Crippen LogP) is 7.02. The van der Waals surface area contributed by atoms with E-state index >= 15 is 13.2 Å². The van der Waals surface area contributed by atoms with E-state index in [1.807, 2.05) is 4.90 Å². The van der Waals surface area contributed by atoms with Crippen LogP contribution in [0.25, 0.3) is 22.2 Å². The van der Waals surface area contributed by atoms with Crippen LogP contribution in [0.3, 0.4) is 0 Å². The number of halogens is 10. The molecular weight excluding hydrogens is 756 g/mol. The topological polar surface area (TPSA) is 111 Å². The van der Waals surface area contributed by atoms with Crippen molar-refractivity contribution in [1.82, 2.24) is 25.2 Å². The molecule has 55 heavy (non-hydrogen) atoms. The second-order valence-corrected chi connectivity index (χ2v) is 15.0. The van der Waals surface area contributed by atoms with Crippen molar-refractivity contribution in [3.05, 3.63) is 28.8 Å². The SMILES string of the molecule is CCC(Oc1nc(-c2cc(N)c(F)c(C)c2C(F)(F)F)c(F)c2nc(OCC(C)(CN3CC4(COC4)C3)C(C)(F)F)nc(N(C)CC(C)NC)c12)C(F)(F)F. The molecular formula is C35H43F10N7O3. The number of nitrogen functional groups attached to an aromatic ring is 1. The lowest BCUT2D eigenvalue weighted by Crippen LogP contribution is -2.68. The van der Waals surface area contributed by atoms with Crippen molar-refractivity contribution >= 4 is 22.4 Å². The molecule has 2 saturated heterocycles. The van der Waals surface area contributed by atoms with Crippen molar-refractivity contribution in [1.29, 1.82) is 0 Å². The molecule has 2 aliphatic rings. The van der Waals surface area contributed by atoms with E-state index < -0.39 is 105 Å². The first-order valence-electron chi connectivity index (χ1n) is 17.3. The average molecular weight is 800 g/mol. The molecule has 0 bridgehead atoms. The van der Waals surface area contributed by atoms with Gasteiger partial charge in [0.2, 0.25) is 5.88 Å². The quantitative estimate of drug-likeness (QED) is 0.131. The van der Waals surface area contributed by atoms with Crippen LogP contribution in [0.2, 0.25) is 0 Å². The van der Waals surface area contributed by atoms with Crippen LogP contribution in [0.5, 0.6) is 11.9 Å². The number of pyridine rings is 1. The maximum atomic E-state index is 16.9. The molecule has 0 aliphatic carbocycles. The summed E-state index contributed by atoms with van der Waals surface area (Å²) in [6.45, 7) is 6.80. The molecule has 0 radical (unpaired) electrons. The normalized spacial score (nSPS) is 18.4. The zero-order valence-corrected chi connectivity index (χ0v) is 31.2. The number of nitrogens with one attached hydrogen (secondary N) is 1. The Hall–Kier alpha value is -3.91. The number of ether oxygens (including phenoxy) is 3. The number of hydrogen-bond donors (Lipinski definition) is 2. The van der Waals surface area contributed by atoms with E-state index in [0.29, 0.717) is 39.3 Å². The molecule has 306 valence electrons. The van der Waals surface area contributed by atoms with Gasteiger partial charge < -0.3 is 35.1 Å². The first kappa shape index (κ1) is 42.2. The van der Waals surface area contributed by atoms with E-state index in [2.05, 4.69) is 20.3 Å². The minimum atomic E-state index is -5.33. The molecule has 3 N–H and O–H groups in total. The highest BCUT2D eigenvalue weighted by molar-refractivity contribution is 5.97. The maximum absolute atomic E-state index is 16.9. The molecule has 1 aromatic carbocycles. The lowest BCUT2D eigenvalue weighted by molar-refractivity contribution is -0.209. The van der Waals surface area contributed by atoms with Gasteiger partial charge in [0.15, 0.2) is 11.9 Å². The standard InChI is InChI=1S/C35H43F10N7O3/c1-8-21(34(40,41)42)55-29-22-27(25(37)26(48-29)19-9-20(46)24(36)18(3)23(19)35(43,44)45)49-30(50-28(22)51(7)10-17(2)47-6)54-14-31(4,32(5,38)39)11-52-12-33(13-52)15-53-16-33/h9,17,21,47H,8,10-16,46H2,1-7H3. The van der Waals surface area contributed by atoms with Crippen molar-refractivity contribution in [3.63, 3.8) is 0 Å². The minimum absolute atomic E-state index is 0.0540. The van der Waals surface area contributed by atoms with E-state index in [1.54, 1.807) is 14.0 Å². The molecule has 10 nitrogen and oxygen atoms in total. The lowest BCUT2D eigenvalue weighted by atomic mass is 9.75. The summed E-state index contributed by atoms with van der Waals surface area (Å²) >= 11 is 0. The molecule has 1 spiro atoms. The summed E-state index contributed by atoms with van der Waals surface area (Å²) in [7, 11) is 3.04. The largest absolute Gasteiger partial charge is 0.464 e. The summed E-state index contributed by atoms with van der Waals surface area (Å²) in [5.74, 6) is -7.76. The molecule has 3 atom stereocenters. The summed E-state index contributed by atoms with van der Waals surface area (Å²) in [5, 5.41) is 2.37. The molecule has 3 unspecified atom stereocenters. The Balaban J connectivity index is 1.74. The van der Waals surface area contributed by atoms with E-state index in [0.717, 1.165) is 13.8 Å². The Morgan fingerprint density at radius 1 is 1.04 bits per heavy atom. The van der Waals surface area contributed by atoms with Gasteiger partial charge in [0, 0.05) is 57.2 Å². The number of likely N-dealkylation sites (N-methyl/N-ethyl adjacent to an activating group) is 2. The third-order valence-electron chi connectivity index (χ3n) is 10.3. The van der Waals surface area contributed by atoms with Gasteiger partial charge in [-0.2, -0.15) is 36.3 Å². The van der Waals surface area contributed by atoms with Crippen LogP contribution in [0.15, 0.2) is 6.07 Å². The number of anilines is 2. The number of nitrogens with zero attached hydrogens (tertiary/aromatic N) is 5. The van der Waals surface area contributed by atoms with E-state index in [1.165, 1.54) is 18.9 Å². The Labute approximate surface area is 310 Å². The van der Waals surface area contributed by atoms with E-state index in [-0.39, 0.29) is 30.4 Å². The Morgan fingerprint density at radius 2 is 1.67 bits per heavy atom. The Kier molecular flexibility index (Phi) is 11.4. The summed E-state index contributed by atoms with van der Waals surface area (Å²) in [6, 6.07) is -0.593. The fraction of sp³-hybridized carbons (Fsp3) is 0.629. The molecule has 2 aromatic heterocycles. The fourth-order valence-corrected chi connectivity index (χ4v) is 6.80.